The first kappa shape index (κ1) is 17.0. The molecular formula is C16H18ClN3O3. The Hall–Kier alpha value is -2.34. The van der Waals surface area contributed by atoms with Crippen LogP contribution >= 0.6 is 11.6 Å². The Labute approximate surface area is 139 Å². The molecule has 2 amide bonds. The molecule has 23 heavy (non-hydrogen) atoms. The number of carbonyl (C=O) groups is 2. The van der Waals surface area contributed by atoms with Crippen molar-refractivity contribution in [3.05, 3.63) is 46.8 Å². The highest BCUT2D eigenvalue weighted by Gasteiger charge is 2.17. The summed E-state index contributed by atoms with van der Waals surface area (Å²) in [6, 6.07) is 6.12. The fourth-order valence-corrected chi connectivity index (χ4v) is 2.06. The molecule has 0 saturated heterocycles. The molecule has 0 aliphatic heterocycles. The van der Waals surface area contributed by atoms with Gasteiger partial charge < -0.3 is 15.2 Å². The summed E-state index contributed by atoms with van der Waals surface area (Å²) in [5.41, 5.74) is 1.41. The number of nitrogens with one attached hydrogen (secondary N) is 2. The molecule has 2 rings (SSSR count). The van der Waals surface area contributed by atoms with Gasteiger partial charge in [0.2, 0.25) is 5.91 Å². The van der Waals surface area contributed by atoms with Gasteiger partial charge in [-0.25, -0.2) is 0 Å². The average Bonchev–Trinajstić information content (AvgIpc) is 3.03. The number of carbonyl (C=O) groups excluding carboxylic acids is 2. The van der Waals surface area contributed by atoms with E-state index in [1.807, 2.05) is 0 Å². The van der Waals surface area contributed by atoms with E-state index < -0.39 is 0 Å². The fraction of sp³-hybridized carbons (Fsp3) is 0.312. The minimum Gasteiger partial charge on any atom is -0.364 e. The number of halogens is 1. The van der Waals surface area contributed by atoms with Gasteiger partial charge in [0.25, 0.3) is 5.91 Å². The third kappa shape index (κ3) is 4.32. The van der Waals surface area contributed by atoms with Gasteiger partial charge in [0.15, 0.2) is 0 Å². The normalized spacial score (nSPS) is 12.0. The van der Waals surface area contributed by atoms with Crippen LogP contribution in [0.5, 0.6) is 0 Å². The highest BCUT2D eigenvalue weighted by Crippen LogP contribution is 2.22. The van der Waals surface area contributed by atoms with Gasteiger partial charge in [-0.1, -0.05) is 30.6 Å². The molecular weight excluding hydrogens is 318 g/mol. The van der Waals surface area contributed by atoms with Crippen molar-refractivity contribution in [3.8, 4) is 0 Å². The van der Waals surface area contributed by atoms with Crippen LogP contribution in [-0.2, 0) is 4.79 Å². The maximum atomic E-state index is 12.4. The van der Waals surface area contributed by atoms with Gasteiger partial charge in [-0.2, -0.15) is 0 Å². The summed E-state index contributed by atoms with van der Waals surface area (Å²) < 4.78 is 4.76. The lowest BCUT2D eigenvalue weighted by atomic mass is 10.1. The van der Waals surface area contributed by atoms with Crippen molar-refractivity contribution in [2.45, 2.75) is 26.8 Å². The second-order valence-electron chi connectivity index (χ2n) is 5.46. The number of hydrogen-bond acceptors (Lipinski definition) is 4. The smallest absolute Gasteiger partial charge is 0.253 e. The number of hydrogen-bond donors (Lipinski definition) is 2. The van der Waals surface area contributed by atoms with Crippen molar-refractivity contribution in [1.29, 1.82) is 0 Å². The lowest BCUT2D eigenvalue weighted by molar-refractivity contribution is -0.118. The van der Waals surface area contributed by atoms with Crippen LogP contribution in [0.15, 0.2) is 35.1 Å². The van der Waals surface area contributed by atoms with Gasteiger partial charge in [-0.15, -0.1) is 0 Å². The maximum absolute atomic E-state index is 12.4. The van der Waals surface area contributed by atoms with E-state index in [9.17, 15) is 9.59 Å². The van der Waals surface area contributed by atoms with Gasteiger partial charge in [0, 0.05) is 17.7 Å². The van der Waals surface area contributed by atoms with E-state index in [4.69, 9.17) is 16.1 Å². The molecule has 1 heterocycles. The summed E-state index contributed by atoms with van der Waals surface area (Å²) >= 11 is 6.09. The maximum Gasteiger partial charge on any atom is 0.253 e. The van der Waals surface area contributed by atoms with E-state index in [1.165, 1.54) is 6.26 Å². The zero-order valence-corrected chi connectivity index (χ0v) is 13.8. The summed E-state index contributed by atoms with van der Waals surface area (Å²) in [5.74, 6) is -0.643. The molecule has 1 atom stereocenters. The monoisotopic (exact) mass is 335 g/mol. The Bertz CT molecular complexity index is 699. The van der Waals surface area contributed by atoms with E-state index >= 15 is 0 Å². The highest BCUT2D eigenvalue weighted by molar-refractivity contribution is 6.34. The largest absolute Gasteiger partial charge is 0.364 e. The SMILES string of the molecule is CC(C)C(=O)Nc1ccc(Cl)c(C(=O)N[C@@H](C)c2ccon2)c1. The minimum absolute atomic E-state index is 0.130. The molecule has 6 nitrogen and oxygen atoms in total. The first-order valence-electron chi connectivity index (χ1n) is 7.20. The molecule has 0 bridgehead atoms. The van der Waals surface area contributed by atoms with Crippen molar-refractivity contribution in [2.75, 3.05) is 5.32 Å². The number of nitrogens with zero attached hydrogens (tertiary/aromatic N) is 1. The van der Waals surface area contributed by atoms with Crippen molar-refractivity contribution in [2.24, 2.45) is 5.92 Å². The summed E-state index contributed by atoms with van der Waals surface area (Å²) in [7, 11) is 0. The van der Waals surface area contributed by atoms with Crippen LogP contribution in [-0.4, -0.2) is 17.0 Å². The van der Waals surface area contributed by atoms with Gasteiger partial charge in [-0.05, 0) is 25.1 Å². The van der Waals surface area contributed by atoms with Crippen LogP contribution in [0.2, 0.25) is 5.02 Å². The number of rotatable bonds is 5. The van der Waals surface area contributed by atoms with Crippen LogP contribution in [0.1, 0.15) is 42.9 Å². The first-order valence-corrected chi connectivity index (χ1v) is 7.58. The van der Waals surface area contributed by atoms with Gasteiger partial charge in [0.1, 0.15) is 12.0 Å². The van der Waals surface area contributed by atoms with Gasteiger partial charge >= 0.3 is 0 Å². The molecule has 0 aliphatic rings. The molecule has 2 N–H and O–H groups in total. The van der Waals surface area contributed by atoms with Gasteiger partial charge in [0.05, 0.1) is 16.6 Å². The van der Waals surface area contributed by atoms with Crippen LogP contribution in [0, 0.1) is 5.92 Å². The Morgan fingerprint density at radius 3 is 2.57 bits per heavy atom. The molecule has 0 radical (unpaired) electrons. The quantitative estimate of drug-likeness (QED) is 0.876. The zero-order valence-electron chi connectivity index (χ0n) is 13.1. The molecule has 0 spiro atoms. The lowest BCUT2D eigenvalue weighted by Gasteiger charge is -2.13. The van der Waals surface area contributed by atoms with E-state index in [2.05, 4.69) is 15.8 Å². The third-order valence-corrected chi connectivity index (χ3v) is 3.58. The summed E-state index contributed by atoms with van der Waals surface area (Å²) in [6.07, 6.45) is 1.44. The Morgan fingerprint density at radius 1 is 1.22 bits per heavy atom. The van der Waals surface area contributed by atoms with Gasteiger partial charge in [-0.3, -0.25) is 9.59 Å². The molecule has 0 saturated carbocycles. The topological polar surface area (TPSA) is 84.2 Å². The minimum atomic E-state index is -0.355. The van der Waals surface area contributed by atoms with Crippen LogP contribution < -0.4 is 10.6 Å². The molecule has 0 aliphatic carbocycles. The summed E-state index contributed by atoms with van der Waals surface area (Å²) in [4.78, 5) is 24.1. The standard InChI is InChI=1S/C16H18ClN3O3/c1-9(2)15(21)19-11-4-5-13(17)12(8-11)16(22)18-10(3)14-6-7-23-20-14/h4-10H,1-3H3,(H,18,22)(H,19,21)/t10-/m0/s1. The van der Waals surface area contributed by atoms with Crippen molar-refractivity contribution < 1.29 is 14.1 Å². The summed E-state index contributed by atoms with van der Waals surface area (Å²) in [5, 5.41) is 9.61. The lowest BCUT2D eigenvalue weighted by Crippen LogP contribution is -2.27. The molecule has 7 heteroatoms. The van der Waals surface area contributed by atoms with Crippen LogP contribution in [0.3, 0.4) is 0 Å². The fourth-order valence-electron chi connectivity index (χ4n) is 1.86. The van der Waals surface area contributed by atoms with Crippen molar-refractivity contribution in [3.63, 3.8) is 0 Å². The molecule has 1 aromatic carbocycles. The number of benzene rings is 1. The zero-order chi connectivity index (χ0) is 17.0. The molecule has 0 unspecified atom stereocenters. The highest BCUT2D eigenvalue weighted by atomic mass is 35.5. The average molecular weight is 336 g/mol. The van der Waals surface area contributed by atoms with E-state index in [0.29, 0.717) is 16.4 Å². The number of amides is 2. The number of anilines is 1. The Kier molecular flexibility index (Phi) is 5.39. The van der Waals surface area contributed by atoms with Crippen molar-refractivity contribution >= 4 is 29.1 Å². The molecule has 2 aromatic rings. The Balaban J connectivity index is 2.14. The first-order chi connectivity index (χ1) is 10.9. The second kappa shape index (κ2) is 7.28. The predicted octanol–water partition coefficient (Wildman–Crippen LogP) is 3.41. The van der Waals surface area contributed by atoms with E-state index in [1.54, 1.807) is 45.0 Å². The predicted molar refractivity (Wildman–Crippen MR) is 87.3 cm³/mol. The van der Waals surface area contributed by atoms with E-state index in [-0.39, 0.29) is 29.3 Å². The molecule has 122 valence electrons. The van der Waals surface area contributed by atoms with Crippen molar-refractivity contribution in [1.82, 2.24) is 10.5 Å². The van der Waals surface area contributed by atoms with Crippen LogP contribution in [0.25, 0.3) is 0 Å². The summed E-state index contributed by atoms with van der Waals surface area (Å²) in [6.45, 7) is 5.37. The third-order valence-electron chi connectivity index (χ3n) is 3.25. The second-order valence-corrected chi connectivity index (χ2v) is 5.87. The molecule has 0 fully saturated rings. The molecule has 1 aromatic heterocycles. The van der Waals surface area contributed by atoms with E-state index in [0.717, 1.165) is 0 Å². The van der Waals surface area contributed by atoms with Crippen LogP contribution in [0.4, 0.5) is 5.69 Å². The number of aromatic nitrogens is 1. The Morgan fingerprint density at radius 2 is 1.96 bits per heavy atom.